The number of nitrogens with zero attached hydrogens (tertiary/aromatic N) is 3. The monoisotopic (exact) mass is 429 g/mol. The van der Waals surface area contributed by atoms with Crippen molar-refractivity contribution in [1.29, 1.82) is 0 Å². The van der Waals surface area contributed by atoms with Crippen molar-refractivity contribution in [2.24, 2.45) is 10.2 Å². The zero-order chi connectivity index (χ0) is 22.7. The van der Waals surface area contributed by atoms with Crippen LogP contribution in [0.1, 0.15) is 25.0 Å². The molecule has 5 nitrogen and oxygen atoms in total. The molecule has 6 heteroatoms. The quantitative estimate of drug-likeness (QED) is 0.248. The normalized spacial score (nSPS) is 13.6. The third kappa shape index (κ3) is 2.67. The summed E-state index contributed by atoms with van der Waals surface area (Å²) in [5.41, 5.74) is 8.40. The second-order valence-electron chi connectivity index (χ2n) is 9.12. The van der Waals surface area contributed by atoms with Crippen LogP contribution in [0.3, 0.4) is 0 Å². The van der Waals surface area contributed by atoms with Gasteiger partial charge < -0.3 is 4.57 Å². The van der Waals surface area contributed by atoms with Gasteiger partial charge in [0.1, 0.15) is 0 Å². The highest BCUT2D eigenvalue weighted by Gasteiger charge is 2.35. The molecule has 0 atom stereocenters. The molecular formula is C27H20BN3O2. The fourth-order valence-electron chi connectivity index (χ4n) is 5.33. The van der Waals surface area contributed by atoms with E-state index in [1.807, 2.05) is 30.3 Å². The molecule has 0 spiro atoms. The van der Waals surface area contributed by atoms with E-state index in [0.29, 0.717) is 5.46 Å². The summed E-state index contributed by atoms with van der Waals surface area (Å²) >= 11 is 0. The van der Waals surface area contributed by atoms with E-state index in [1.165, 1.54) is 11.1 Å². The van der Waals surface area contributed by atoms with Crippen LogP contribution in [-0.2, 0) is 5.41 Å². The van der Waals surface area contributed by atoms with Crippen molar-refractivity contribution in [2.75, 3.05) is 0 Å². The smallest absolute Gasteiger partial charge is 0.309 e. The van der Waals surface area contributed by atoms with Crippen molar-refractivity contribution < 1.29 is 0 Å². The lowest BCUT2D eigenvalue weighted by Crippen LogP contribution is -2.26. The lowest BCUT2D eigenvalue weighted by Gasteiger charge is -2.35. The van der Waals surface area contributed by atoms with Crippen LogP contribution >= 0.6 is 0 Å². The van der Waals surface area contributed by atoms with Crippen LogP contribution in [0.5, 0.6) is 0 Å². The molecule has 0 radical (unpaired) electrons. The fourth-order valence-corrected chi connectivity index (χ4v) is 5.33. The molecule has 0 amide bonds. The maximum atomic E-state index is 11.2. The Kier molecular flexibility index (Phi) is 4.14. The van der Waals surface area contributed by atoms with Gasteiger partial charge in [-0.3, -0.25) is 0 Å². The zero-order valence-corrected chi connectivity index (χ0v) is 18.3. The molecule has 1 aromatic heterocycles. The van der Waals surface area contributed by atoms with Gasteiger partial charge in [0.2, 0.25) is 0 Å². The number of hydrogen-bond donors (Lipinski definition) is 0. The number of hydrogen-bond acceptors (Lipinski definition) is 4. The summed E-state index contributed by atoms with van der Waals surface area (Å²) in [4.78, 5) is 22.4. The van der Waals surface area contributed by atoms with E-state index >= 15 is 0 Å². The van der Waals surface area contributed by atoms with E-state index in [0.717, 1.165) is 38.6 Å². The molecule has 0 saturated carbocycles. The van der Waals surface area contributed by atoms with Gasteiger partial charge in [0.05, 0.1) is 16.7 Å². The van der Waals surface area contributed by atoms with Crippen molar-refractivity contribution in [3.63, 3.8) is 0 Å². The van der Waals surface area contributed by atoms with Crippen LogP contribution in [0.4, 0.5) is 0 Å². The molecule has 0 N–H and O–H groups in total. The summed E-state index contributed by atoms with van der Waals surface area (Å²) in [5.74, 6) is 0. The number of aromatic nitrogens is 1. The maximum Gasteiger partial charge on any atom is 0.548 e. The number of rotatable bonds is 4. The standard InChI is InChI=1S/C27H20BN3O2/c1-27(2)22-10-6-7-11-25(22)31-24-13-12-19(28(29-32)30-33)16-20(24)21-14-18(15-23(27)26(21)31)17-8-4-3-5-9-17/h3-16H,1-2H3. The highest BCUT2D eigenvalue weighted by Crippen LogP contribution is 2.48. The van der Waals surface area contributed by atoms with E-state index in [2.05, 4.69) is 77.1 Å². The predicted molar refractivity (Wildman–Crippen MR) is 135 cm³/mol. The lowest BCUT2D eigenvalue weighted by atomic mass is 9.71. The molecule has 33 heavy (non-hydrogen) atoms. The van der Waals surface area contributed by atoms with Gasteiger partial charge >= 0.3 is 6.98 Å². The van der Waals surface area contributed by atoms with Gasteiger partial charge in [0, 0.05) is 16.2 Å². The Morgan fingerprint density at radius 2 is 1.45 bits per heavy atom. The Morgan fingerprint density at radius 1 is 0.727 bits per heavy atom. The molecule has 0 aliphatic carbocycles. The molecule has 0 unspecified atom stereocenters. The minimum absolute atomic E-state index is 0.204. The highest BCUT2D eigenvalue weighted by atomic mass is 16.3. The second kappa shape index (κ2) is 6.97. The van der Waals surface area contributed by atoms with E-state index in [1.54, 1.807) is 6.07 Å². The summed E-state index contributed by atoms with van der Waals surface area (Å²) < 4.78 is 2.30. The van der Waals surface area contributed by atoms with Crippen molar-refractivity contribution in [1.82, 2.24) is 4.57 Å². The molecule has 158 valence electrons. The highest BCUT2D eigenvalue weighted by molar-refractivity contribution is 6.70. The number of para-hydroxylation sites is 1. The third-order valence-electron chi connectivity index (χ3n) is 6.98. The van der Waals surface area contributed by atoms with Gasteiger partial charge in [-0.05, 0) is 52.0 Å². The van der Waals surface area contributed by atoms with Crippen molar-refractivity contribution in [3.8, 4) is 16.8 Å². The van der Waals surface area contributed by atoms with Crippen molar-refractivity contribution in [2.45, 2.75) is 19.3 Å². The molecule has 1 aliphatic heterocycles. The van der Waals surface area contributed by atoms with Crippen LogP contribution in [0, 0.1) is 9.81 Å². The van der Waals surface area contributed by atoms with E-state index < -0.39 is 6.98 Å². The fraction of sp³-hybridized carbons (Fsp3) is 0.111. The average molecular weight is 429 g/mol. The summed E-state index contributed by atoms with van der Waals surface area (Å²) in [5, 5.41) is 7.88. The van der Waals surface area contributed by atoms with Crippen LogP contribution in [-0.4, -0.2) is 11.5 Å². The SMILES string of the molecule is CC1(C)c2ccccc2-n2c3ccc(B(N=O)N=O)cc3c3cc(-c4ccccc4)cc1c32. The maximum absolute atomic E-state index is 11.2. The summed E-state index contributed by atoms with van der Waals surface area (Å²) in [6.07, 6.45) is 0. The molecule has 2 heterocycles. The molecule has 5 aromatic rings. The summed E-state index contributed by atoms with van der Waals surface area (Å²) in [6.45, 7) is 3.29. The zero-order valence-electron chi connectivity index (χ0n) is 18.3. The van der Waals surface area contributed by atoms with Crippen LogP contribution < -0.4 is 5.46 Å². The third-order valence-corrected chi connectivity index (χ3v) is 6.98. The Labute approximate surface area is 191 Å². The Bertz CT molecular complexity index is 1580. The van der Waals surface area contributed by atoms with Crippen molar-refractivity contribution in [3.05, 3.63) is 106 Å². The Balaban J connectivity index is 1.80. The van der Waals surface area contributed by atoms with Gasteiger partial charge in [-0.2, -0.15) is 9.81 Å². The first-order valence-corrected chi connectivity index (χ1v) is 11.0. The lowest BCUT2D eigenvalue weighted by molar-refractivity contribution is 0.630. The van der Waals surface area contributed by atoms with E-state index in [9.17, 15) is 9.81 Å². The number of benzene rings is 4. The predicted octanol–water partition coefficient (Wildman–Crippen LogP) is 6.32. The molecule has 6 rings (SSSR count). The van der Waals surface area contributed by atoms with Crippen LogP contribution in [0.25, 0.3) is 38.6 Å². The first-order valence-electron chi connectivity index (χ1n) is 11.0. The van der Waals surface area contributed by atoms with Gasteiger partial charge in [-0.15, -0.1) is 0 Å². The largest absolute Gasteiger partial charge is 0.548 e. The molecule has 4 aromatic carbocycles. The molecule has 0 fully saturated rings. The van der Waals surface area contributed by atoms with Crippen LogP contribution in [0.2, 0.25) is 0 Å². The Hall–Kier alpha value is -4.06. The van der Waals surface area contributed by atoms with E-state index in [-0.39, 0.29) is 5.41 Å². The number of nitroso groups, excluding NO2 is 2. The van der Waals surface area contributed by atoms with Gasteiger partial charge in [-0.1, -0.05) is 84.7 Å². The van der Waals surface area contributed by atoms with Gasteiger partial charge in [0.15, 0.2) is 0 Å². The van der Waals surface area contributed by atoms with E-state index in [4.69, 9.17) is 0 Å². The average Bonchev–Trinajstić information content (AvgIpc) is 3.18. The second-order valence-corrected chi connectivity index (χ2v) is 9.12. The van der Waals surface area contributed by atoms with Gasteiger partial charge in [0.25, 0.3) is 0 Å². The Morgan fingerprint density at radius 3 is 2.21 bits per heavy atom. The molecular weight excluding hydrogens is 409 g/mol. The summed E-state index contributed by atoms with van der Waals surface area (Å²) in [6, 6.07) is 29.0. The van der Waals surface area contributed by atoms with Crippen molar-refractivity contribution >= 4 is 34.3 Å². The van der Waals surface area contributed by atoms with Gasteiger partial charge in [-0.25, -0.2) is 0 Å². The first-order chi connectivity index (χ1) is 16.0. The minimum Gasteiger partial charge on any atom is -0.309 e. The summed E-state index contributed by atoms with van der Waals surface area (Å²) in [7, 11) is 0. The van der Waals surface area contributed by atoms with Crippen LogP contribution in [0.15, 0.2) is 95.1 Å². The molecule has 0 saturated heterocycles. The number of fused-ring (bicyclic) bond motifs is 5. The topological polar surface area (TPSA) is 63.8 Å². The molecule has 1 aliphatic rings. The molecule has 0 bridgehead atoms. The first kappa shape index (κ1) is 19.6. The minimum atomic E-state index is -1.25.